The van der Waals surface area contributed by atoms with E-state index in [4.69, 9.17) is 0 Å². The minimum absolute atomic E-state index is 0.0832. The van der Waals surface area contributed by atoms with Gasteiger partial charge in [0.25, 0.3) is 0 Å². The largest absolute Gasteiger partial charge is 0.480 e. The smallest absolute Gasteiger partial charge is 0.329 e. The Balaban J connectivity index is 2.01. The van der Waals surface area contributed by atoms with Crippen LogP contribution in [0.4, 0.5) is 4.79 Å². The van der Waals surface area contributed by atoms with Crippen LogP contribution in [0.25, 0.3) is 0 Å². The molecule has 0 spiro atoms. The van der Waals surface area contributed by atoms with Gasteiger partial charge < -0.3 is 20.2 Å². The van der Waals surface area contributed by atoms with Crippen LogP contribution in [0.1, 0.15) is 26.7 Å². The Hall–Kier alpha value is -1.30. The van der Waals surface area contributed by atoms with Gasteiger partial charge in [-0.25, -0.2) is 9.59 Å². The minimum Gasteiger partial charge on any atom is -0.480 e. The molecule has 2 heterocycles. The first-order chi connectivity index (χ1) is 8.82. The van der Waals surface area contributed by atoms with Gasteiger partial charge >= 0.3 is 12.0 Å². The number of hydrogen-bond acceptors (Lipinski definition) is 3. The summed E-state index contributed by atoms with van der Waals surface area (Å²) in [7, 11) is 2.10. The third-order valence-corrected chi connectivity index (χ3v) is 4.46. The lowest BCUT2D eigenvalue weighted by atomic mass is 9.89. The predicted octanol–water partition coefficient (Wildman–Crippen LogP) is 0.585. The van der Waals surface area contributed by atoms with Gasteiger partial charge in [-0.15, -0.1) is 0 Å². The van der Waals surface area contributed by atoms with E-state index in [1.54, 1.807) is 13.8 Å². The number of likely N-dealkylation sites (tertiary alicyclic amines) is 1. The molecule has 0 radical (unpaired) electrons. The van der Waals surface area contributed by atoms with E-state index in [2.05, 4.69) is 17.3 Å². The maximum absolute atomic E-state index is 12.0. The second-order valence-corrected chi connectivity index (χ2v) is 6.17. The lowest BCUT2D eigenvalue weighted by Gasteiger charge is -2.33. The highest BCUT2D eigenvalue weighted by Gasteiger charge is 2.45. The number of nitrogens with zero attached hydrogens (tertiary/aromatic N) is 2. The van der Waals surface area contributed by atoms with Crippen molar-refractivity contribution in [2.75, 3.05) is 26.7 Å². The summed E-state index contributed by atoms with van der Waals surface area (Å²) < 4.78 is 0. The van der Waals surface area contributed by atoms with E-state index in [0.717, 1.165) is 25.9 Å². The molecule has 1 unspecified atom stereocenters. The zero-order chi connectivity index (χ0) is 14.2. The molecular formula is C13H23N3O3. The van der Waals surface area contributed by atoms with Gasteiger partial charge in [0.15, 0.2) is 0 Å². The molecule has 0 aromatic carbocycles. The Morgan fingerprint density at radius 1 is 1.37 bits per heavy atom. The molecule has 19 heavy (non-hydrogen) atoms. The highest BCUT2D eigenvalue weighted by atomic mass is 16.4. The molecule has 2 rings (SSSR count). The maximum atomic E-state index is 12.0. The van der Waals surface area contributed by atoms with Crippen molar-refractivity contribution < 1.29 is 14.7 Å². The van der Waals surface area contributed by atoms with Crippen LogP contribution in [0.5, 0.6) is 0 Å². The Bertz CT molecular complexity index is 375. The second kappa shape index (κ2) is 5.00. The van der Waals surface area contributed by atoms with Crippen molar-refractivity contribution in [1.29, 1.82) is 0 Å². The van der Waals surface area contributed by atoms with Crippen molar-refractivity contribution >= 4 is 12.0 Å². The molecular weight excluding hydrogens is 246 g/mol. The first-order valence-corrected chi connectivity index (χ1v) is 6.82. The van der Waals surface area contributed by atoms with Crippen molar-refractivity contribution in [2.24, 2.45) is 5.92 Å². The van der Waals surface area contributed by atoms with Crippen LogP contribution in [-0.4, -0.2) is 65.2 Å². The lowest BCUT2D eigenvalue weighted by Crippen LogP contribution is -2.51. The van der Waals surface area contributed by atoms with Crippen LogP contribution in [0.15, 0.2) is 0 Å². The molecule has 2 aliphatic rings. The monoisotopic (exact) mass is 269 g/mol. The van der Waals surface area contributed by atoms with Gasteiger partial charge in [0.1, 0.15) is 5.54 Å². The van der Waals surface area contributed by atoms with Crippen LogP contribution in [0, 0.1) is 5.92 Å². The summed E-state index contributed by atoms with van der Waals surface area (Å²) in [6, 6.07) is -0.170. The average Bonchev–Trinajstić information content (AvgIpc) is 2.72. The normalized spacial score (nSPS) is 26.6. The van der Waals surface area contributed by atoms with E-state index in [0.29, 0.717) is 12.5 Å². The van der Waals surface area contributed by atoms with Gasteiger partial charge in [-0.2, -0.15) is 0 Å². The third kappa shape index (κ3) is 2.68. The number of carbonyl (C=O) groups is 2. The quantitative estimate of drug-likeness (QED) is 0.786. The van der Waals surface area contributed by atoms with Crippen LogP contribution < -0.4 is 5.32 Å². The van der Waals surface area contributed by atoms with Gasteiger partial charge in [-0.1, -0.05) is 0 Å². The number of aliphatic carboxylic acids is 1. The van der Waals surface area contributed by atoms with Crippen molar-refractivity contribution in [2.45, 2.75) is 38.3 Å². The Morgan fingerprint density at radius 2 is 1.95 bits per heavy atom. The van der Waals surface area contributed by atoms with Gasteiger partial charge in [-0.05, 0) is 52.7 Å². The topological polar surface area (TPSA) is 72.9 Å². The highest BCUT2D eigenvalue weighted by Crippen LogP contribution is 2.27. The number of carboxylic acids is 1. The number of amides is 2. The average molecular weight is 269 g/mol. The summed E-state index contributed by atoms with van der Waals surface area (Å²) in [4.78, 5) is 27.0. The zero-order valence-electron chi connectivity index (χ0n) is 11.8. The summed E-state index contributed by atoms with van der Waals surface area (Å²) in [5, 5.41) is 12.2. The van der Waals surface area contributed by atoms with Crippen molar-refractivity contribution in [3.8, 4) is 0 Å². The molecule has 2 fully saturated rings. The number of nitrogens with one attached hydrogen (secondary N) is 1. The summed E-state index contributed by atoms with van der Waals surface area (Å²) in [5.41, 5.74) is -1.15. The number of rotatable bonds is 3. The molecule has 0 bridgehead atoms. The van der Waals surface area contributed by atoms with E-state index in [1.165, 1.54) is 4.90 Å². The Labute approximate surface area is 113 Å². The Kier molecular flexibility index (Phi) is 3.71. The standard InChI is InChI=1S/C13H23N3O3/c1-13(2,11(17)18)16-8-10(14-12(16)19)9-4-6-15(3)7-5-9/h9-10H,4-8H2,1-3H3,(H,14,19)(H,17,18). The number of urea groups is 1. The van der Waals surface area contributed by atoms with Crippen LogP contribution >= 0.6 is 0 Å². The van der Waals surface area contributed by atoms with Crippen molar-refractivity contribution in [3.63, 3.8) is 0 Å². The maximum Gasteiger partial charge on any atom is 0.329 e. The van der Waals surface area contributed by atoms with E-state index in [1.807, 2.05) is 0 Å². The summed E-state index contributed by atoms with van der Waals surface area (Å²) in [5.74, 6) is -0.513. The molecule has 0 aromatic heterocycles. The third-order valence-electron chi connectivity index (χ3n) is 4.46. The van der Waals surface area contributed by atoms with Gasteiger partial charge in [0.2, 0.25) is 0 Å². The fraction of sp³-hybridized carbons (Fsp3) is 0.846. The molecule has 6 heteroatoms. The highest BCUT2D eigenvalue weighted by molar-refractivity contribution is 5.87. The first kappa shape index (κ1) is 14.1. The van der Waals surface area contributed by atoms with Gasteiger partial charge in [-0.3, -0.25) is 0 Å². The van der Waals surface area contributed by atoms with E-state index < -0.39 is 11.5 Å². The molecule has 2 amide bonds. The lowest BCUT2D eigenvalue weighted by molar-refractivity contribution is -0.147. The molecule has 0 saturated carbocycles. The molecule has 108 valence electrons. The fourth-order valence-corrected chi connectivity index (χ4v) is 2.86. The number of piperidine rings is 1. The van der Waals surface area contributed by atoms with Crippen LogP contribution in [-0.2, 0) is 4.79 Å². The predicted molar refractivity (Wildman–Crippen MR) is 71.0 cm³/mol. The summed E-state index contributed by atoms with van der Waals surface area (Å²) in [6.45, 7) is 5.73. The Morgan fingerprint density at radius 3 is 2.47 bits per heavy atom. The van der Waals surface area contributed by atoms with Gasteiger partial charge in [0, 0.05) is 6.54 Å². The number of hydrogen-bond donors (Lipinski definition) is 2. The van der Waals surface area contributed by atoms with E-state index >= 15 is 0 Å². The molecule has 2 N–H and O–H groups in total. The van der Waals surface area contributed by atoms with Crippen molar-refractivity contribution in [1.82, 2.24) is 15.1 Å². The second-order valence-electron chi connectivity index (χ2n) is 6.17. The molecule has 0 aliphatic carbocycles. The van der Waals surface area contributed by atoms with E-state index in [-0.39, 0.29) is 12.1 Å². The summed E-state index contributed by atoms with van der Waals surface area (Å²) >= 11 is 0. The zero-order valence-corrected chi connectivity index (χ0v) is 11.8. The molecule has 0 aromatic rings. The van der Waals surface area contributed by atoms with E-state index in [9.17, 15) is 14.7 Å². The van der Waals surface area contributed by atoms with Crippen LogP contribution in [0.2, 0.25) is 0 Å². The molecule has 1 atom stereocenters. The fourth-order valence-electron chi connectivity index (χ4n) is 2.86. The first-order valence-electron chi connectivity index (χ1n) is 6.82. The number of carboxylic acid groups (broad SMARTS) is 1. The minimum atomic E-state index is -1.15. The van der Waals surface area contributed by atoms with Crippen molar-refractivity contribution in [3.05, 3.63) is 0 Å². The van der Waals surface area contributed by atoms with Crippen LogP contribution in [0.3, 0.4) is 0 Å². The molecule has 2 saturated heterocycles. The van der Waals surface area contributed by atoms with Gasteiger partial charge in [0.05, 0.1) is 6.04 Å². The SMILES string of the molecule is CN1CCC(C2CN(C(C)(C)C(=O)O)C(=O)N2)CC1. The number of carbonyl (C=O) groups excluding carboxylic acids is 1. The molecule has 2 aliphatic heterocycles. The molecule has 6 nitrogen and oxygen atoms in total. The summed E-state index contributed by atoms with van der Waals surface area (Å²) in [6.07, 6.45) is 2.12.